The van der Waals surface area contributed by atoms with Gasteiger partial charge in [-0.2, -0.15) is 0 Å². The molecule has 0 aromatic heterocycles. The van der Waals surface area contributed by atoms with E-state index in [2.05, 4.69) is 28.4 Å². The number of hydrogen-bond donors (Lipinski definition) is 1. The predicted octanol–water partition coefficient (Wildman–Crippen LogP) is 3.08. The molecule has 2 aliphatic rings. The molecule has 3 rings (SSSR count). The maximum atomic E-state index is 11.9. The first kappa shape index (κ1) is 19.7. The van der Waals surface area contributed by atoms with Crippen LogP contribution in [0, 0.1) is 0 Å². The van der Waals surface area contributed by atoms with E-state index in [1.54, 1.807) is 4.90 Å². The number of rotatable bonds is 3. The summed E-state index contributed by atoms with van der Waals surface area (Å²) in [7, 11) is 1.86. The summed E-state index contributed by atoms with van der Waals surface area (Å²) in [6.45, 7) is 8.36. The minimum Gasteiger partial charge on any atom is -0.444 e. The van der Waals surface area contributed by atoms with Crippen molar-refractivity contribution in [3.63, 3.8) is 0 Å². The van der Waals surface area contributed by atoms with Gasteiger partial charge in [-0.3, -0.25) is 9.69 Å². The highest BCUT2D eigenvalue weighted by Gasteiger charge is 2.25. The summed E-state index contributed by atoms with van der Waals surface area (Å²) in [6, 6.07) is 6.65. The van der Waals surface area contributed by atoms with Crippen LogP contribution in [0.25, 0.3) is 0 Å². The molecule has 148 valence electrons. The number of nitrogens with zero attached hydrogens (tertiary/aromatic N) is 2. The molecular weight excluding hydrogens is 342 g/mol. The summed E-state index contributed by atoms with van der Waals surface area (Å²) < 4.78 is 5.34. The molecule has 1 fully saturated rings. The van der Waals surface area contributed by atoms with Crippen LogP contribution in [-0.4, -0.2) is 48.7 Å². The molecule has 6 nitrogen and oxygen atoms in total. The number of amides is 2. The molecule has 0 bridgehead atoms. The van der Waals surface area contributed by atoms with Crippen molar-refractivity contribution in [2.24, 2.45) is 0 Å². The van der Waals surface area contributed by atoms with Crippen LogP contribution in [0.5, 0.6) is 0 Å². The van der Waals surface area contributed by atoms with E-state index in [9.17, 15) is 9.59 Å². The van der Waals surface area contributed by atoms with Crippen molar-refractivity contribution in [3.05, 3.63) is 29.3 Å². The minimum absolute atomic E-state index is 0.170. The summed E-state index contributed by atoms with van der Waals surface area (Å²) >= 11 is 0. The van der Waals surface area contributed by atoms with Crippen LogP contribution in [-0.2, 0) is 22.5 Å². The molecule has 1 aromatic carbocycles. The highest BCUT2D eigenvalue weighted by atomic mass is 16.6. The fourth-order valence-electron chi connectivity index (χ4n) is 3.74. The summed E-state index contributed by atoms with van der Waals surface area (Å²) in [5, 5.41) is 2.98. The molecule has 0 unspecified atom stereocenters. The average molecular weight is 373 g/mol. The van der Waals surface area contributed by atoms with Gasteiger partial charge in [0.2, 0.25) is 5.91 Å². The standard InChI is InChI=1S/C21H31N3O3/c1-21(2,3)27-20(26)22-17-9-11-24(12-10-17)14-15-5-6-16-7-8-19(25)23(4)18(16)13-15/h5-6,13,17H,7-12,14H2,1-4H3,(H,22,26). The van der Waals surface area contributed by atoms with Gasteiger partial charge in [-0.15, -0.1) is 0 Å². The first-order chi connectivity index (χ1) is 12.7. The zero-order valence-corrected chi connectivity index (χ0v) is 16.9. The average Bonchev–Trinajstić information content (AvgIpc) is 2.59. The van der Waals surface area contributed by atoms with Crippen molar-refractivity contribution < 1.29 is 14.3 Å². The van der Waals surface area contributed by atoms with Crippen LogP contribution in [0.3, 0.4) is 0 Å². The maximum Gasteiger partial charge on any atom is 0.407 e. The molecule has 6 heteroatoms. The largest absolute Gasteiger partial charge is 0.444 e. The zero-order valence-electron chi connectivity index (χ0n) is 16.9. The predicted molar refractivity (Wildman–Crippen MR) is 106 cm³/mol. The lowest BCUT2D eigenvalue weighted by molar-refractivity contribution is -0.118. The van der Waals surface area contributed by atoms with Crippen LogP contribution in [0.15, 0.2) is 18.2 Å². The number of aryl methyl sites for hydroxylation is 1. The fourth-order valence-corrected chi connectivity index (χ4v) is 3.74. The van der Waals surface area contributed by atoms with E-state index in [4.69, 9.17) is 4.74 Å². The Morgan fingerprint density at radius 3 is 2.59 bits per heavy atom. The van der Waals surface area contributed by atoms with E-state index in [0.717, 1.165) is 44.6 Å². The number of fused-ring (bicyclic) bond motifs is 1. The maximum absolute atomic E-state index is 11.9. The Kier molecular flexibility index (Phi) is 5.75. The van der Waals surface area contributed by atoms with Gasteiger partial charge in [0.1, 0.15) is 5.60 Å². The first-order valence-corrected chi connectivity index (χ1v) is 9.81. The molecule has 1 saturated heterocycles. The van der Waals surface area contributed by atoms with Crippen molar-refractivity contribution in [1.29, 1.82) is 0 Å². The third kappa shape index (κ3) is 5.22. The number of ether oxygens (including phenoxy) is 1. The molecule has 2 amide bonds. The molecule has 0 aliphatic carbocycles. The van der Waals surface area contributed by atoms with Gasteiger partial charge in [0.25, 0.3) is 0 Å². The van der Waals surface area contributed by atoms with Gasteiger partial charge in [-0.1, -0.05) is 12.1 Å². The summed E-state index contributed by atoms with van der Waals surface area (Å²) in [5.74, 6) is 0.189. The SMILES string of the molecule is CN1C(=O)CCc2ccc(CN3CCC(NC(=O)OC(C)(C)C)CC3)cc21. The third-order valence-corrected chi connectivity index (χ3v) is 5.21. The van der Waals surface area contributed by atoms with E-state index < -0.39 is 5.60 Å². The second-order valence-electron chi connectivity index (χ2n) is 8.61. The molecule has 0 spiro atoms. The Balaban J connectivity index is 1.51. The quantitative estimate of drug-likeness (QED) is 0.884. The highest BCUT2D eigenvalue weighted by Crippen LogP contribution is 2.28. The van der Waals surface area contributed by atoms with Gasteiger partial charge in [-0.05, 0) is 57.2 Å². The van der Waals surface area contributed by atoms with E-state index in [0.29, 0.717) is 6.42 Å². The van der Waals surface area contributed by atoms with E-state index in [-0.39, 0.29) is 18.0 Å². The molecule has 2 heterocycles. The van der Waals surface area contributed by atoms with Gasteiger partial charge in [0.05, 0.1) is 0 Å². The van der Waals surface area contributed by atoms with Crippen molar-refractivity contribution in [1.82, 2.24) is 10.2 Å². The Bertz CT molecular complexity index is 703. The van der Waals surface area contributed by atoms with Crippen molar-refractivity contribution in [2.75, 3.05) is 25.0 Å². The number of piperidine rings is 1. The first-order valence-electron chi connectivity index (χ1n) is 9.81. The number of benzene rings is 1. The van der Waals surface area contributed by atoms with Crippen molar-refractivity contribution in [2.45, 2.75) is 64.6 Å². The summed E-state index contributed by atoms with van der Waals surface area (Å²) in [6.07, 6.45) is 2.94. The topological polar surface area (TPSA) is 61.9 Å². The molecule has 0 atom stereocenters. The molecule has 27 heavy (non-hydrogen) atoms. The van der Waals surface area contributed by atoms with Gasteiger partial charge in [-0.25, -0.2) is 4.79 Å². The van der Waals surface area contributed by atoms with Crippen LogP contribution in [0.4, 0.5) is 10.5 Å². The Labute approximate surface area is 161 Å². The fraction of sp³-hybridized carbons (Fsp3) is 0.619. The lowest BCUT2D eigenvalue weighted by Crippen LogP contribution is -2.45. The second kappa shape index (κ2) is 7.89. The van der Waals surface area contributed by atoms with E-state index in [1.807, 2.05) is 27.8 Å². The number of likely N-dealkylation sites (tertiary alicyclic amines) is 1. The highest BCUT2D eigenvalue weighted by molar-refractivity contribution is 5.95. The number of carbonyl (C=O) groups is 2. The Morgan fingerprint density at radius 1 is 1.22 bits per heavy atom. The molecule has 1 N–H and O–H groups in total. The molecule has 2 aliphatic heterocycles. The van der Waals surface area contributed by atoms with E-state index >= 15 is 0 Å². The Morgan fingerprint density at radius 2 is 1.93 bits per heavy atom. The lowest BCUT2D eigenvalue weighted by Gasteiger charge is -2.33. The summed E-state index contributed by atoms with van der Waals surface area (Å²) in [4.78, 5) is 28.0. The van der Waals surface area contributed by atoms with Crippen LogP contribution < -0.4 is 10.2 Å². The molecular formula is C21H31N3O3. The number of anilines is 1. The number of nitrogens with one attached hydrogen (secondary N) is 1. The van der Waals surface area contributed by atoms with Crippen molar-refractivity contribution in [3.8, 4) is 0 Å². The second-order valence-corrected chi connectivity index (χ2v) is 8.61. The monoisotopic (exact) mass is 373 g/mol. The lowest BCUT2D eigenvalue weighted by atomic mass is 9.98. The Hall–Kier alpha value is -2.08. The normalized spacial score (nSPS) is 19.0. The van der Waals surface area contributed by atoms with Gasteiger partial charge in [0.15, 0.2) is 0 Å². The third-order valence-electron chi connectivity index (χ3n) is 5.21. The number of alkyl carbamates (subject to hydrolysis) is 1. The van der Waals surface area contributed by atoms with Gasteiger partial charge < -0.3 is 15.0 Å². The van der Waals surface area contributed by atoms with Crippen molar-refractivity contribution >= 4 is 17.7 Å². The molecule has 0 saturated carbocycles. The van der Waals surface area contributed by atoms with Crippen LogP contribution >= 0.6 is 0 Å². The summed E-state index contributed by atoms with van der Waals surface area (Å²) in [5.41, 5.74) is 3.06. The zero-order chi connectivity index (χ0) is 19.6. The van der Waals surface area contributed by atoms with Gasteiger partial charge >= 0.3 is 6.09 Å². The molecule has 0 radical (unpaired) electrons. The number of carbonyl (C=O) groups excluding carboxylic acids is 2. The smallest absolute Gasteiger partial charge is 0.407 e. The van der Waals surface area contributed by atoms with Crippen LogP contribution in [0.1, 0.15) is 51.2 Å². The number of hydrogen-bond acceptors (Lipinski definition) is 4. The van der Waals surface area contributed by atoms with E-state index in [1.165, 1.54) is 11.1 Å². The van der Waals surface area contributed by atoms with Gasteiger partial charge in [0, 0.05) is 44.8 Å². The van der Waals surface area contributed by atoms with Crippen LogP contribution in [0.2, 0.25) is 0 Å². The minimum atomic E-state index is -0.466. The molecule has 1 aromatic rings.